The molecule has 2 aliphatic rings. The highest BCUT2D eigenvalue weighted by Crippen LogP contribution is 2.50. The van der Waals surface area contributed by atoms with Crippen molar-refractivity contribution in [2.45, 2.75) is 24.3 Å². The van der Waals surface area contributed by atoms with E-state index in [1.807, 2.05) is 0 Å². The zero-order valence-corrected chi connectivity index (χ0v) is 25.0. The third-order valence-corrected chi connectivity index (χ3v) is 9.98. The molecule has 0 radical (unpaired) electrons. The Bertz CT molecular complexity index is 1460. The molecular weight excluding hydrogens is 616 g/mol. The van der Waals surface area contributed by atoms with Crippen molar-refractivity contribution in [2.75, 3.05) is 14.2 Å². The Morgan fingerprint density at radius 3 is 1.25 bits per heavy atom. The van der Waals surface area contributed by atoms with Gasteiger partial charge in [-0.1, -0.05) is 60.7 Å². The fraction of sp³-hybridized carbons (Fsp3) is 0.286. The molecule has 0 N–H and O–H groups in total. The van der Waals surface area contributed by atoms with Gasteiger partial charge in [0, 0.05) is 26.4 Å². The van der Waals surface area contributed by atoms with Crippen LogP contribution in [-0.2, 0) is 22.3 Å². The number of nitrogens with zero attached hydrogens (tertiary/aromatic N) is 4. The summed E-state index contributed by atoms with van der Waals surface area (Å²) in [4.78, 5) is 46.6. The molecule has 0 heterocycles. The number of rotatable bonds is 13. The molecule has 0 aromatic heterocycles. The van der Waals surface area contributed by atoms with Gasteiger partial charge >= 0.3 is 11.4 Å². The molecule has 230 valence electrons. The van der Waals surface area contributed by atoms with Crippen molar-refractivity contribution in [1.29, 1.82) is 0 Å². The van der Waals surface area contributed by atoms with Crippen LogP contribution in [0, 0.1) is 52.3 Å². The molecule has 14 nitrogen and oxygen atoms in total. The van der Waals surface area contributed by atoms with E-state index in [9.17, 15) is 40.5 Å². The lowest BCUT2D eigenvalue weighted by Gasteiger charge is -2.31. The van der Waals surface area contributed by atoms with Crippen LogP contribution in [0.4, 0.5) is 0 Å². The lowest BCUT2D eigenvalue weighted by atomic mass is 9.83. The van der Waals surface area contributed by atoms with Gasteiger partial charge in [-0.2, -0.15) is 0 Å². The van der Waals surface area contributed by atoms with Gasteiger partial charge in [-0.05, 0) is 57.7 Å². The Morgan fingerprint density at radius 2 is 0.977 bits per heavy atom. The third-order valence-electron chi connectivity index (χ3n) is 7.52. The van der Waals surface area contributed by atoms with Gasteiger partial charge in [-0.25, -0.2) is 0 Å². The Labute approximate surface area is 258 Å². The van der Waals surface area contributed by atoms with Crippen LogP contribution in [0.1, 0.15) is 11.1 Å². The van der Waals surface area contributed by atoms with E-state index in [0.29, 0.717) is 11.1 Å². The maximum absolute atomic E-state index is 12.5. The second-order valence-corrected chi connectivity index (χ2v) is 12.0. The van der Waals surface area contributed by atoms with Crippen molar-refractivity contribution in [2.24, 2.45) is 11.8 Å². The summed E-state index contributed by atoms with van der Waals surface area (Å²) in [6, 6.07) is 17.0. The van der Waals surface area contributed by atoms with E-state index in [-0.39, 0.29) is 22.7 Å². The van der Waals surface area contributed by atoms with Crippen molar-refractivity contribution in [3.05, 3.63) is 158 Å². The van der Waals surface area contributed by atoms with Crippen molar-refractivity contribution in [1.82, 2.24) is 0 Å². The van der Waals surface area contributed by atoms with Crippen molar-refractivity contribution in [3.63, 3.8) is 0 Å². The molecule has 2 aromatic rings. The molecule has 0 saturated heterocycles. The summed E-state index contributed by atoms with van der Waals surface area (Å²) in [5.41, 5.74) is -4.28. The van der Waals surface area contributed by atoms with E-state index in [0.717, 1.165) is 48.0 Å². The van der Waals surface area contributed by atoms with Gasteiger partial charge in [0.05, 0.1) is 29.5 Å². The average molecular weight is 643 g/mol. The standard InChI is InChI=1S/C28H26N4O10S2/c1-41-27(31(37)38)15-13-23(25(29(33)34)21(27)17-19-9-5-3-6-10-19)43-44-24-14-16-28(42-2,32(39)40)22(26(24)30(35)36)18-20-11-7-4-8-12-20/h3-16,21-22H,17-18H2,1-2H3. The number of ether oxygens (including phenoxy) is 2. The molecular formula is C28H26N4O10S2. The van der Waals surface area contributed by atoms with Crippen molar-refractivity contribution < 1.29 is 29.2 Å². The van der Waals surface area contributed by atoms with Gasteiger partial charge in [-0.15, -0.1) is 0 Å². The normalized spacial score (nSPS) is 24.8. The Kier molecular flexibility index (Phi) is 9.98. The summed E-state index contributed by atoms with van der Waals surface area (Å²) in [5.74, 6) is -2.72. The third kappa shape index (κ3) is 6.14. The van der Waals surface area contributed by atoms with Gasteiger partial charge in [0.1, 0.15) is 0 Å². The van der Waals surface area contributed by atoms with E-state index < -0.39 is 54.4 Å². The van der Waals surface area contributed by atoms with Crippen LogP contribution in [0.2, 0.25) is 0 Å². The van der Waals surface area contributed by atoms with Gasteiger partial charge in [0.2, 0.25) is 0 Å². The Morgan fingerprint density at radius 1 is 0.636 bits per heavy atom. The first-order valence-corrected chi connectivity index (χ1v) is 15.1. The number of hydrogen-bond acceptors (Lipinski definition) is 12. The first kappa shape index (κ1) is 32.5. The van der Waals surface area contributed by atoms with Crippen LogP contribution in [0.25, 0.3) is 0 Å². The monoisotopic (exact) mass is 642 g/mol. The topological polar surface area (TPSA) is 191 Å². The molecule has 0 saturated carbocycles. The number of methoxy groups -OCH3 is 2. The fourth-order valence-corrected chi connectivity index (χ4v) is 7.74. The minimum Gasteiger partial charge on any atom is -0.314 e. The number of allylic oxidation sites excluding steroid dienone is 2. The molecule has 2 aromatic carbocycles. The highest BCUT2D eigenvalue weighted by molar-refractivity contribution is 8.79. The summed E-state index contributed by atoms with van der Waals surface area (Å²) in [6.07, 6.45) is 4.45. The molecule has 0 spiro atoms. The van der Waals surface area contributed by atoms with E-state index in [4.69, 9.17) is 9.47 Å². The van der Waals surface area contributed by atoms with Crippen LogP contribution >= 0.6 is 21.6 Å². The van der Waals surface area contributed by atoms with E-state index in [1.165, 1.54) is 12.2 Å². The molecule has 4 unspecified atom stereocenters. The van der Waals surface area contributed by atoms with Crippen LogP contribution < -0.4 is 0 Å². The molecule has 0 fully saturated rings. The molecule has 44 heavy (non-hydrogen) atoms. The lowest BCUT2D eigenvalue weighted by molar-refractivity contribution is -0.627. The predicted molar refractivity (Wildman–Crippen MR) is 162 cm³/mol. The smallest absolute Gasteiger partial charge is 0.314 e. The minimum atomic E-state index is -2.24. The number of nitro groups is 4. The number of hydrogen-bond donors (Lipinski definition) is 0. The molecule has 4 atom stereocenters. The van der Waals surface area contributed by atoms with Gasteiger partial charge in [-0.3, -0.25) is 40.5 Å². The largest absolute Gasteiger partial charge is 0.357 e. The minimum absolute atomic E-state index is 0.0107. The zero-order valence-electron chi connectivity index (χ0n) is 23.3. The van der Waals surface area contributed by atoms with Crippen LogP contribution in [0.5, 0.6) is 0 Å². The first-order chi connectivity index (χ1) is 21.0. The molecule has 4 rings (SSSR count). The summed E-state index contributed by atoms with van der Waals surface area (Å²) in [5, 5.41) is 49.4. The summed E-state index contributed by atoms with van der Waals surface area (Å²) < 4.78 is 10.6. The Balaban J connectivity index is 1.78. The second-order valence-electron chi connectivity index (χ2n) is 9.76. The summed E-state index contributed by atoms with van der Waals surface area (Å²) >= 11 is 0. The molecule has 0 aliphatic heterocycles. The van der Waals surface area contributed by atoms with Crippen molar-refractivity contribution >= 4 is 21.6 Å². The van der Waals surface area contributed by atoms with Crippen LogP contribution in [0.3, 0.4) is 0 Å². The molecule has 2 aliphatic carbocycles. The zero-order chi connectivity index (χ0) is 32.1. The molecule has 16 heteroatoms. The average Bonchev–Trinajstić information content (AvgIpc) is 3.00. The van der Waals surface area contributed by atoms with Crippen LogP contribution in [0.15, 0.2) is 106 Å². The fourth-order valence-electron chi connectivity index (χ4n) is 5.32. The highest BCUT2D eigenvalue weighted by atomic mass is 33.1. The van der Waals surface area contributed by atoms with Gasteiger partial charge in [0.25, 0.3) is 11.4 Å². The van der Waals surface area contributed by atoms with Crippen molar-refractivity contribution in [3.8, 4) is 0 Å². The lowest BCUT2D eigenvalue weighted by Crippen LogP contribution is -2.50. The van der Waals surface area contributed by atoms with Gasteiger partial charge in [0.15, 0.2) is 11.8 Å². The maximum atomic E-state index is 12.5. The predicted octanol–water partition coefficient (Wildman–Crippen LogP) is 5.44. The quantitative estimate of drug-likeness (QED) is 0.116. The molecule has 0 amide bonds. The molecule has 0 bridgehead atoms. The van der Waals surface area contributed by atoms with E-state index in [2.05, 4.69) is 0 Å². The first-order valence-electron chi connectivity index (χ1n) is 13.0. The van der Waals surface area contributed by atoms with E-state index >= 15 is 0 Å². The SMILES string of the molecule is COC1([N+](=O)[O-])C=CC(SSC2=C([N+](=O)[O-])C(Cc3ccccc3)C(OC)([N+](=O)[O-])C=C2)=C([N+](=O)[O-])C1Cc1ccccc1. The Hall–Kier alpha value is -4.38. The second kappa shape index (κ2) is 13.5. The summed E-state index contributed by atoms with van der Waals surface area (Å²) in [7, 11) is 3.77. The number of benzene rings is 2. The highest BCUT2D eigenvalue weighted by Gasteiger charge is 2.59. The summed E-state index contributed by atoms with van der Waals surface area (Å²) in [6.45, 7) is 0. The van der Waals surface area contributed by atoms with Gasteiger partial charge < -0.3 is 9.47 Å². The van der Waals surface area contributed by atoms with Crippen LogP contribution in [-0.4, -0.2) is 45.4 Å². The maximum Gasteiger partial charge on any atom is 0.357 e. The van der Waals surface area contributed by atoms with E-state index in [1.54, 1.807) is 60.7 Å².